The molecule has 1 aliphatic rings. The lowest BCUT2D eigenvalue weighted by Gasteiger charge is -2.26. The number of ether oxygens (including phenoxy) is 1. The van der Waals surface area contributed by atoms with Gasteiger partial charge in [-0.2, -0.15) is 5.10 Å². The van der Waals surface area contributed by atoms with E-state index in [1.54, 1.807) is 47.1 Å². The fraction of sp³-hybridized carbons (Fsp3) is 0.304. The maximum absolute atomic E-state index is 13.3. The molecule has 1 N–H and O–H groups in total. The summed E-state index contributed by atoms with van der Waals surface area (Å²) in [6.07, 6.45) is 0.853. The lowest BCUT2D eigenvalue weighted by molar-refractivity contribution is 0.0374. The van der Waals surface area contributed by atoms with Crippen LogP contribution < -0.4 is 5.32 Å². The van der Waals surface area contributed by atoms with Gasteiger partial charge in [0.2, 0.25) is 0 Å². The zero-order valence-corrected chi connectivity index (χ0v) is 17.8. The van der Waals surface area contributed by atoms with Crippen molar-refractivity contribution < 1.29 is 13.9 Å². The van der Waals surface area contributed by atoms with Gasteiger partial charge in [0.1, 0.15) is 11.5 Å². The molecule has 1 aromatic heterocycles. The second-order valence-electron chi connectivity index (χ2n) is 7.37. The van der Waals surface area contributed by atoms with Crippen LogP contribution in [0.5, 0.6) is 0 Å². The number of hydrogen-bond donors (Lipinski definition) is 1. The molecule has 0 atom stereocenters. The van der Waals surface area contributed by atoms with E-state index < -0.39 is 0 Å². The molecular weight excluding hydrogens is 419 g/mol. The van der Waals surface area contributed by atoms with Crippen molar-refractivity contribution in [1.29, 1.82) is 0 Å². The smallest absolute Gasteiger partial charge is 0.270 e. The molecule has 4 rings (SSSR count). The predicted molar refractivity (Wildman–Crippen MR) is 118 cm³/mol. The van der Waals surface area contributed by atoms with Crippen LogP contribution in [0.15, 0.2) is 54.6 Å². The van der Waals surface area contributed by atoms with Gasteiger partial charge in [-0.1, -0.05) is 11.6 Å². The van der Waals surface area contributed by atoms with Gasteiger partial charge in [0.05, 0.1) is 24.6 Å². The van der Waals surface area contributed by atoms with E-state index in [2.05, 4.69) is 15.3 Å². The highest BCUT2D eigenvalue weighted by atomic mass is 35.5. The molecule has 1 amide bonds. The molecule has 1 aliphatic heterocycles. The Balaban J connectivity index is 1.50. The molecular formula is C23H24ClFN4O2. The first kappa shape index (κ1) is 21.5. The number of hydrogen-bond acceptors (Lipinski definition) is 4. The normalized spacial score (nSPS) is 14.5. The van der Waals surface area contributed by atoms with E-state index in [1.165, 1.54) is 12.1 Å². The molecule has 162 valence electrons. The number of morpholine rings is 1. The van der Waals surface area contributed by atoms with Crippen molar-refractivity contribution in [2.75, 3.05) is 39.4 Å². The fourth-order valence-corrected chi connectivity index (χ4v) is 3.63. The number of nitrogens with one attached hydrogen (secondary N) is 1. The first-order valence-electron chi connectivity index (χ1n) is 10.3. The molecule has 8 heteroatoms. The zero-order chi connectivity index (χ0) is 21.6. The Kier molecular flexibility index (Phi) is 6.96. The van der Waals surface area contributed by atoms with E-state index in [1.807, 2.05) is 0 Å². The van der Waals surface area contributed by atoms with Gasteiger partial charge in [-0.3, -0.25) is 9.69 Å². The summed E-state index contributed by atoms with van der Waals surface area (Å²) in [7, 11) is 0. The van der Waals surface area contributed by atoms with Crippen LogP contribution in [-0.2, 0) is 4.74 Å². The Labute approximate surface area is 185 Å². The quantitative estimate of drug-likeness (QED) is 0.566. The summed E-state index contributed by atoms with van der Waals surface area (Å²) in [6, 6.07) is 14.9. The van der Waals surface area contributed by atoms with Gasteiger partial charge in [-0.05, 0) is 67.6 Å². The molecule has 0 saturated carbocycles. The number of aromatic nitrogens is 2. The third-order valence-corrected chi connectivity index (χ3v) is 5.45. The summed E-state index contributed by atoms with van der Waals surface area (Å²) in [4.78, 5) is 15.3. The van der Waals surface area contributed by atoms with Crippen molar-refractivity contribution in [3.8, 4) is 16.9 Å². The van der Waals surface area contributed by atoms with Crippen LogP contribution in [-0.4, -0.2) is 60.0 Å². The monoisotopic (exact) mass is 442 g/mol. The van der Waals surface area contributed by atoms with Crippen molar-refractivity contribution >= 4 is 17.5 Å². The van der Waals surface area contributed by atoms with E-state index in [0.717, 1.165) is 50.5 Å². The summed E-state index contributed by atoms with van der Waals surface area (Å²) in [6.45, 7) is 4.86. The zero-order valence-electron chi connectivity index (χ0n) is 17.1. The van der Waals surface area contributed by atoms with Gasteiger partial charge in [0.25, 0.3) is 5.91 Å². The molecule has 3 aromatic rings. The van der Waals surface area contributed by atoms with E-state index in [4.69, 9.17) is 16.3 Å². The van der Waals surface area contributed by atoms with Crippen LogP contribution >= 0.6 is 11.6 Å². The molecule has 2 aromatic carbocycles. The topological polar surface area (TPSA) is 59.4 Å². The summed E-state index contributed by atoms with van der Waals surface area (Å²) in [5, 5.41) is 8.19. The van der Waals surface area contributed by atoms with E-state index in [9.17, 15) is 9.18 Å². The Morgan fingerprint density at radius 3 is 2.52 bits per heavy atom. The highest BCUT2D eigenvalue weighted by Crippen LogP contribution is 2.23. The van der Waals surface area contributed by atoms with Gasteiger partial charge in [0.15, 0.2) is 0 Å². The average molecular weight is 443 g/mol. The van der Waals surface area contributed by atoms with Crippen LogP contribution in [0.25, 0.3) is 16.9 Å². The van der Waals surface area contributed by atoms with Gasteiger partial charge < -0.3 is 10.1 Å². The third kappa shape index (κ3) is 5.50. The van der Waals surface area contributed by atoms with Crippen molar-refractivity contribution in [3.63, 3.8) is 0 Å². The minimum atomic E-state index is -0.320. The lowest BCUT2D eigenvalue weighted by Crippen LogP contribution is -2.38. The number of nitrogens with zero attached hydrogens (tertiary/aromatic N) is 3. The Morgan fingerprint density at radius 1 is 1.10 bits per heavy atom. The average Bonchev–Trinajstić information content (AvgIpc) is 3.24. The first-order valence-corrected chi connectivity index (χ1v) is 10.7. The molecule has 0 radical (unpaired) electrons. The number of amides is 1. The van der Waals surface area contributed by atoms with Crippen LogP contribution in [0.3, 0.4) is 0 Å². The molecule has 31 heavy (non-hydrogen) atoms. The third-order valence-electron chi connectivity index (χ3n) is 5.19. The molecule has 6 nitrogen and oxygen atoms in total. The maximum Gasteiger partial charge on any atom is 0.270 e. The van der Waals surface area contributed by atoms with E-state index in [0.29, 0.717) is 23.0 Å². The minimum absolute atomic E-state index is 0.210. The van der Waals surface area contributed by atoms with Gasteiger partial charge in [0, 0.05) is 30.2 Å². The van der Waals surface area contributed by atoms with Crippen LogP contribution in [0.4, 0.5) is 4.39 Å². The van der Waals surface area contributed by atoms with Gasteiger partial charge in [-0.25, -0.2) is 9.07 Å². The molecule has 0 bridgehead atoms. The molecule has 1 saturated heterocycles. The van der Waals surface area contributed by atoms with Crippen molar-refractivity contribution in [2.24, 2.45) is 0 Å². The number of halogens is 2. The summed E-state index contributed by atoms with van der Waals surface area (Å²) < 4.78 is 20.3. The number of rotatable bonds is 7. The fourth-order valence-electron chi connectivity index (χ4n) is 3.50. The lowest BCUT2D eigenvalue weighted by atomic mass is 10.1. The van der Waals surface area contributed by atoms with Crippen molar-refractivity contribution in [3.05, 3.63) is 71.1 Å². The second-order valence-corrected chi connectivity index (χ2v) is 7.81. The number of benzene rings is 2. The first-order chi connectivity index (χ1) is 15.1. The van der Waals surface area contributed by atoms with E-state index in [-0.39, 0.29) is 11.7 Å². The summed E-state index contributed by atoms with van der Waals surface area (Å²) in [5.74, 6) is -0.531. The van der Waals surface area contributed by atoms with Gasteiger partial charge in [-0.15, -0.1) is 0 Å². The molecule has 0 unspecified atom stereocenters. The molecule has 1 fully saturated rings. The number of carbonyl (C=O) groups excluding carboxylic acids is 1. The van der Waals surface area contributed by atoms with Crippen LogP contribution in [0.1, 0.15) is 16.9 Å². The number of carbonyl (C=O) groups is 1. The van der Waals surface area contributed by atoms with E-state index >= 15 is 0 Å². The highest BCUT2D eigenvalue weighted by molar-refractivity contribution is 6.30. The Morgan fingerprint density at radius 2 is 1.81 bits per heavy atom. The highest BCUT2D eigenvalue weighted by Gasteiger charge is 2.18. The largest absolute Gasteiger partial charge is 0.379 e. The SMILES string of the molecule is O=C(NCCCN1CCOCC1)c1cc(-c2ccc(F)cc2)nn1-c1ccc(Cl)cc1. The Bertz CT molecular complexity index is 1020. The summed E-state index contributed by atoms with van der Waals surface area (Å²) >= 11 is 6.01. The standard InChI is InChI=1S/C23H24ClFN4O2/c24-18-4-8-20(9-5-18)29-22(16-21(27-29)17-2-6-19(25)7-3-17)23(30)26-10-1-11-28-12-14-31-15-13-28/h2-9,16H,1,10-15H2,(H,26,30). The van der Waals surface area contributed by atoms with Crippen LogP contribution in [0.2, 0.25) is 5.02 Å². The van der Waals surface area contributed by atoms with Crippen molar-refractivity contribution in [1.82, 2.24) is 20.0 Å². The summed E-state index contributed by atoms with van der Waals surface area (Å²) in [5.41, 5.74) is 2.45. The molecule has 2 heterocycles. The van der Waals surface area contributed by atoms with Crippen molar-refractivity contribution in [2.45, 2.75) is 6.42 Å². The predicted octanol–water partition coefficient (Wildman–Crippen LogP) is 3.78. The van der Waals surface area contributed by atoms with Crippen LogP contribution in [0, 0.1) is 5.82 Å². The second kappa shape index (κ2) is 10.0. The molecule has 0 spiro atoms. The molecule has 0 aliphatic carbocycles. The maximum atomic E-state index is 13.3. The van der Waals surface area contributed by atoms with Gasteiger partial charge >= 0.3 is 0 Å². The Hall–Kier alpha value is -2.74. The minimum Gasteiger partial charge on any atom is -0.379 e.